The van der Waals surface area contributed by atoms with E-state index in [0.717, 1.165) is 51.7 Å². The molecule has 0 bridgehead atoms. The predicted octanol–water partition coefficient (Wildman–Crippen LogP) is 0.290. The van der Waals surface area contributed by atoms with Gasteiger partial charge in [0.05, 0.1) is 12.6 Å². The van der Waals surface area contributed by atoms with Crippen LogP contribution >= 0.6 is 0 Å². The van der Waals surface area contributed by atoms with Crippen LogP contribution in [0, 0.1) is 5.92 Å². The number of carbonyl (C=O) groups is 1. The Morgan fingerprint density at radius 1 is 1.25 bits per heavy atom. The second-order valence-electron chi connectivity index (χ2n) is 6.58. The molecule has 0 aromatic heterocycles. The van der Waals surface area contributed by atoms with Gasteiger partial charge in [-0.3, -0.25) is 9.69 Å². The zero-order chi connectivity index (χ0) is 14.5. The highest BCUT2D eigenvalue weighted by molar-refractivity contribution is 5.77. The predicted molar refractivity (Wildman–Crippen MR) is 79.5 cm³/mol. The number of piperidine rings is 1. The van der Waals surface area contributed by atoms with Crippen LogP contribution in [0.5, 0.6) is 0 Å². The molecule has 2 N–H and O–H groups in total. The average Bonchev–Trinajstić information content (AvgIpc) is 2.83. The van der Waals surface area contributed by atoms with Gasteiger partial charge in [0, 0.05) is 33.2 Å². The Labute approximate surface area is 122 Å². The van der Waals surface area contributed by atoms with Gasteiger partial charge in [-0.25, -0.2) is 0 Å². The fraction of sp³-hybridized carbons (Fsp3) is 0.933. The topological polar surface area (TPSA) is 55.8 Å². The zero-order valence-electron chi connectivity index (χ0n) is 12.8. The van der Waals surface area contributed by atoms with E-state index >= 15 is 0 Å². The number of hydrogen-bond donors (Lipinski definition) is 2. The maximum atomic E-state index is 11.7. The van der Waals surface area contributed by atoms with Gasteiger partial charge < -0.3 is 15.3 Å². The number of carbonyl (C=O) groups excluding carboxylic acids is 1. The molecule has 2 fully saturated rings. The molecule has 0 aromatic carbocycles. The highest BCUT2D eigenvalue weighted by atomic mass is 16.3. The van der Waals surface area contributed by atoms with Gasteiger partial charge in [0.1, 0.15) is 0 Å². The molecule has 1 amide bonds. The summed E-state index contributed by atoms with van der Waals surface area (Å²) in [6.07, 6.45) is 5.26. The molecule has 0 aromatic rings. The van der Waals surface area contributed by atoms with Crippen molar-refractivity contribution in [3.63, 3.8) is 0 Å². The molecule has 1 aliphatic heterocycles. The second-order valence-corrected chi connectivity index (χ2v) is 6.58. The summed E-state index contributed by atoms with van der Waals surface area (Å²) in [7, 11) is 3.62. The van der Waals surface area contributed by atoms with E-state index in [2.05, 4.69) is 10.2 Å². The summed E-state index contributed by atoms with van der Waals surface area (Å²) in [6, 6.07) is 0.582. The van der Waals surface area contributed by atoms with Crippen LogP contribution in [0.25, 0.3) is 0 Å². The fourth-order valence-corrected chi connectivity index (χ4v) is 3.20. The van der Waals surface area contributed by atoms with Crippen LogP contribution in [-0.2, 0) is 4.79 Å². The lowest BCUT2D eigenvalue weighted by Gasteiger charge is -2.33. The number of hydrogen-bond acceptors (Lipinski definition) is 4. The lowest BCUT2D eigenvalue weighted by Crippen LogP contribution is -2.46. The van der Waals surface area contributed by atoms with Gasteiger partial charge >= 0.3 is 0 Å². The molecule has 20 heavy (non-hydrogen) atoms. The van der Waals surface area contributed by atoms with Crippen LogP contribution in [0.15, 0.2) is 0 Å². The van der Waals surface area contributed by atoms with Crippen molar-refractivity contribution in [2.75, 3.05) is 40.3 Å². The Morgan fingerprint density at radius 3 is 2.50 bits per heavy atom. The molecule has 2 aliphatic rings. The molecule has 5 heteroatoms. The Kier molecular flexibility index (Phi) is 5.81. The molecule has 0 spiro atoms. The molecular formula is C15H29N3O2. The molecule has 2 rings (SSSR count). The molecule has 2 atom stereocenters. The maximum absolute atomic E-state index is 11.7. The molecule has 1 saturated carbocycles. The third-order valence-electron chi connectivity index (χ3n) is 4.65. The largest absolute Gasteiger partial charge is 0.393 e. The Balaban J connectivity index is 1.60. The van der Waals surface area contributed by atoms with Gasteiger partial charge in [0.15, 0.2) is 0 Å². The molecule has 1 aliphatic carbocycles. The molecule has 1 heterocycles. The Hall–Kier alpha value is -0.650. The van der Waals surface area contributed by atoms with E-state index in [0.29, 0.717) is 18.5 Å². The minimum Gasteiger partial charge on any atom is -0.393 e. The van der Waals surface area contributed by atoms with Gasteiger partial charge in [-0.1, -0.05) is 0 Å². The van der Waals surface area contributed by atoms with E-state index in [1.165, 1.54) is 0 Å². The van der Waals surface area contributed by atoms with E-state index in [9.17, 15) is 9.90 Å². The van der Waals surface area contributed by atoms with Crippen LogP contribution in [0.4, 0.5) is 0 Å². The third-order valence-corrected chi connectivity index (χ3v) is 4.65. The molecule has 0 radical (unpaired) electrons. The van der Waals surface area contributed by atoms with E-state index in [1.54, 1.807) is 4.90 Å². The van der Waals surface area contributed by atoms with E-state index in [1.807, 2.05) is 14.1 Å². The van der Waals surface area contributed by atoms with Crippen LogP contribution in [0.3, 0.4) is 0 Å². The highest BCUT2D eigenvalue weighted by Crippen LogP contribution is 2.25. The normalized spacial score (nSPS) is 28.8. The number of aliphatic hydroxyl groups excluding tert-OH is 1. The van der Waals surface area contributed by atoms with Crippen LogP contribution in [0.1, 0.15) is 32.1 Å². The third kappa shape index (κ3) is 4.72. The van der Waals surface area contributed by atoms with Gasteiger partial charge in [-0.15, -0.1) is 0 Å². The van der Waals surface area contributed by atoms with Crippen molar-refractivity contribution in [1.82, 2.24) is 15.1 Å². The second kappa shape index (κ2) is 7.38. The first-order chi connectivity index (χ1) is 9.54. The smallest absolute Gasteiger partial charge is 0.236 e. The highest BCUT2D eigenvalue weighted by Gasteiger charge is 2.25. The number of aliphatic hydroxyl groups is 1. The number of nitrogens with zero attached hydrogens (tertiary/aromatic N) is 2. The van der Waals surface area contributed by atoms with Crippen LogP contribution < -0.4 is 5.32 Å². The summed E-state index contributed by atoms with van der Waals surface area (Å²) in [5.41, 5.74) is 0. The minimum atomic E-state index is -0.0688. The Bertz CT molecular complexity index is 314. The SMILES string of the molecule is CN(C)C(=O)CN1CCC(NCC2CCC(O)C2)CC1. The van der Waals surface area contributed by atoms with E-state index < -0.39 is 0 Å². The number of likely N-dealkylation sites (tertiary alicyclic amines) is 1. The van der Waals surface area contributed by atoms with Crippen molar-refractivity contribution in [3.05, 3.63) is 0 Å². The van der Waals surface area contributed by atoms with Crippen molar-refractivity contribution >= 4 is 5.91 Å². The molecule has 116 valence electrons. The number of likely N-dealkylation sites (N-methyl/N-ethyl adjacent to an activating group) is 1. The summed E-state index contributed by atoms with van der Waals surface area (Å²) in [5.74, 6) is 0.842. The minimum absolute atomic E-state index is 0.0688. The first kappa shape index (κ1) is 15.7. The summed E-state index contributed by atoms with van der Waals surface area (Å²) >= 11 is 0. The number of nitrogens with one attached hydrogen (secondary N) is 1. The monoisotopic (exact) mass is 283 g/mol. The summed E-state index contributed by atoms with van der Waals surface area (Å²) in [6.45, 7) is 3.60. The lowest BCUT2D eigenvalue weighted by atomic mass is 10.0. The van der Waals surface area contributed by atoms with Gasteiger partial charge in [-0.05, 0) is 44.6 Å². The molecule has 5 nitrogen and oxygen atoms in total. The zero-order valence-corrected chi connectivity index (χ0v) is 12.8. The van der Waals surface area contributed by atoms with Crippen molar-refractivity contribution in [2.45, 2.75) is 44.2 Å². The Morgan fingerprint density at radius 2 is 1.95 bits per heavy atom. The molecule has 2 unspecified atom stereocenters. The molecule has 1 saturated heterocycles. The average molecular weight is 283 g/mol. The first-order valence-corrected chi connectivity index (χ1v) is 7.88. The summed E-state index contributed by atoms with van der Waals surface area (Å²) < 4.78 is 0. The van der Waals surface area contributed by atoms with Gasteiger partial charge in [0.2, 0.25) is 5.91 Å². The van der Waals surface area contributed by atoms with Crippen LogP contribution in [0.2, 0.25) is 0 Å². The standard InChI is InChI=1S/C15H29N3O2/c1-17(2)15(20)11-18-7-5-13(6-8-18)16-10-12-3-4-14(19)9-12/h12-14,16,19H,3-11H2,1-2H3. The number of amides is 1. The van der Waals surface area contributed by atoms with Crippen molar-refractivity contribution in [2.24, 2.45) is 5.92 Å². The fourth-order valence-electron chi connectivity index (χ4n) is 3.20. The van der Waals surface area contributed by atoms with Crippen LogP contribution in [-0.4, -0.2) is 73.2 Å². The van der Waals surface area contributed by atoms with Crippen molar-refractivity contribution < 1.29 is 9.90 Å². The number of rotatable bonds is 5. The first-order valence-electron chi connectivity index (χ1n) is 7.88. The molecular weight excluding hydrogens is 254 g/mol. The van der Waals surface area contributed by atoms with Gasteiger partial charge in [0.25, 0.3) is 0 Å². The van der Waals surface area contributed by atoms with E-state index in [-0.39, 0.29) is 12.0 Å². The van der Waals surface area contributed by atoms with E-state index in [4.69, 9.17) is 0 Å². The lowest BCUT2D eigenvalue weighted by molar-refractivity contribution is -0.130. The quantitative estimate of drug-likeness (QED) is 0.761. The van der Waals surface area contributed by atoms with Crippen molar-refractivity contribution in [3.8, 4) is 0 Å². The maximum Gasteiger partial charge on any atom is 0.236 e. The summed E-state index contributed by atoms with van der Waals surface area (Å²) in [4.78, 5) is 15.6. The van der Waals surface area contributed by atoms with Crippen molar-refractivity contribution in [1.29, 1.82) is 0 Å². The summed E-state index contributed by atoms with van der Waals surface area (Å²) in [5, 5.41) is 13.2. The van der Waals surface area contributed by atoms with Gasteiger partial charge in [-0.2, -0.15) is 0 Å².